The van der Waals surface area contributed by atoms with E-state index in [1.807, 2.05) is 17.7 Å². The molecule has 3 N–H and O–H groups in total. The van der Waals surface area contributed by atoms with Crippen LogP contribution in [0.1, 0.15) is 17.8 Å². The molecule has 6 nitrogen and oxygen atoms in total. The van der Waals surface area contributed by atoms with Gasteiger partial charge in [-0.2, -0.15) is 0 Å². The number of hydrogen-bond acceptors (Lipinski definition) is 5. The molecule has 0 amide bonds. The van der Waals surface area contributed by atoms with Crippen molar-refractivity contribution in [3.8, 4) is 0 Å². The van der Waals surface area contributed by atoms with Crippen LogP contribution in [0, 0.1) is 6.92 Å². The van der Waals surface area contributed by atoms with Crippen LogP contribution in [0.2, 0.25) is 0 Å². The summed E-state index contributed by atoms with van der Waals surface area (Å²) in [7, 11) is 0. The van der Waals surface area contributed by atoms with E-state index in [9.17, 15) is 0 Å². The van der Waals surface area contributed by atoms with E-state index in [1.165, 1.54) is 0 Å². The molecular formula is C12H16N6S. The van der Waals surface area contributed by atoms with E-state index in [0.29, 0.717) is 11.6 Å². The summed E-state index contributed by atoms with van der Waals surface area (Å²) in [5, 5.41) is 3.17. The lowest BCUT2D eigenvalue weighted by Gasteiger charge is -2.07. The molecule has 0 bridgehead atoms. The molecule has 0 spiro atoms. The number of nitrogens with one attached hydrogen (secondary N) is 1. The molecule has 0 saturated heterocycles. The standard InChI is InChI=1S/C12H16N6S/c1-9-7-10(11(13)19)17-12(16-9)15-3-2-5-18-6-4-14-8-18/h4,6-8H,2-3,5H2,1H3,(H2,13,19)(H,15,16,17). The van der Waals surface area contributed by atoms with Crippen LogP contribution in [0.15, 0.2) is 24.8 Å². The Morgan fingerprint density at radius 2 is 2.32 bits per heavy atom. The van der Waals surface area contributed by atoms with Crippen molar-refractivity contribution in [1.29, 1.82) is 0 Å². The summed E-state index contributed by atoms with van der Waals surface area (Å²) in [4.78, 5) is 12.8. The fourth-order valence-corrected chi connectivity index (χ4v) is 1.76. The smallest absolute Gasteiger partial charge is 0.223 e. The first-order valence-electron chi connectivity index (χ1n) is 6.00. The summed E-state index contributed by atoms with van der Waals surface area (Å²) >= 11 is 4.92. The molecule has 0 aromatic carbocycles. The van der Waals surface area contributed by atoms with E-state index in [0.717, 1.165) is 25.2 Å². The van der Waals surface area contributed by atoms with Crippen molar-refractivity contribution < 1.29 is 0 Å². The largest absolute Gasteiger partial charge is 0.388 e. The van der Waals surface area contributed by atoms with Gasteiger partial charge >= 0.3 is 0 Å². The number of aryl methyl sites for hydroxylation is 2. The predicted molar refractivity (Wildman–Crippen MR) is 78.0 cm³/mol. The minimum atomic E-state index is 0.284. The molecule has 0 fully saturated rings. The van der Waals surface area contributed by atoms with Gasteiger partial charge in [-0.25, -0.2) is 15.0 Å². The van der Waals surface area contributed by atoms with Gasteiger partial charge in [-0.15, -0.1) is 0 Å². The molecule has 2 aromatic rings. The summed E-state index contributed by atoms with van der Waals surface area (Å²) in [5.74, 6) is 0.563. The molecule has 2 aromatic heterocycles. The highest BCUT2D eigenvalue weighted by Crippen LogP contribution is 2.05. The van der Waals surface area contributed by atoms with Gasteiger partial charge in [0.05, 0.1) is 6.33 Å². The van der Waals surface area contributed by atoms with Crippen molar-refractivity contribution in [2.24, 2.45) is 5.73 Å². The molecule has 0 saturated carbocycles. The third kappa shape index (κ3) is 3.99. The number of thiocarbonyl (C=S) groups is 1. The number of nitrogens with two attached hydrogens (primary N) is 1. The van der Waals surface area contributed by atoms with E-state index in [-0.39, 0.29) is 4.99 Å². The number of aromatic nitrogens is 4. The highest BCUT2D eigenvalue weighted by Gasteiger charge is 2.03. The average Bonchev–Trinajstić information content (AvgIpc) is 2.87. The van der Waals surface area contributed by atoms with Crippen LogP contribution >= 0.6 is 12.2 Å². The number of anilines is 1. The Morgan fingerprint density at radius 3 is 3.00 bits per heavy atom. The zero-order chi connectivity index (χ0) is 13.7. The zero-order valence-electron chi connectivity index (χ0n) is 10.7. The van der Waals surface area contributed by atoms with Crippen molar-refractivity contribution >= 4 is 23.2 Å². The van der Waals surface area contributed by atoms with E-state index >= 15 is 0 Å². The van der Waals surface area contributed by atoms with Crippen LogP contribution in [0.5, 0.6) is 0 Å². The fourth-order valence-electron chi connectivity index (χ4n) is 1.65. The molecule has 2 rings (SSSR count). The Kier molecular flexibility index (Phi) is 4.40. The summed E-state index contributed by atoms with van der Waals surface area (Å²) in [6, 6.07) is 1.78. The molecule has 0 aliphatic rings. The molecule has 0 aliphatic carbocycles. The van der Waals surface area contributed by atoms with Gasteiger partial charge < -0.3 is 15.6 Å². The first-order chi connectivity index (χ1) is 9.15. The number of nitrogens with zero attached hydrogens (tertiary/aromatic N) is 4. The number of imidazole rings is 1. The lowest BCUT2D eigenvalue weighted by atomic mass is 10.3. The van der Waals surface area contributed by atoms with Gasteiger partial charge in [-0.05, 0) is 19.4 Å². The second kappa shape index (κ2) is 6.24. The minimum absolute atomic E-state index is 0.284. The molecule has 19 heavy (non-hydrogen) atoms. The van der Waals surface area contributed by atoms with Gasteiger partial charge in [-0.3, -0.25) is 0 Å². The van der Waals surface area contributed by atoms with Crippen molar-refractivity contribution in [3.05, 3.63) is 36.2 Å². The highest BCUT2D eigenvalue weighted by atomic mass is 32.1. The summed E-state index contributed by atoms with van der Waals surface area (Å²) in [6.07, 6.45) is 6.46. The average molecular weight is 276 g/mol. The van der Waals surface area contributed by atoms with Gasteiger partial charge in [0.15, 0.2) is 0 Å². The molecule has 0 radical (unpaired) electrons. The van der Waals surface area contributed by atoms with Gasteiger partial charge in [0, 0.05) is 31.2 Å². The second-order valence-electron chi connectivity index (χ2n) is 4.16. The maximum atomic E-state index is 5.57. The zero-order valence-corrected chi connectivity index (χ0v) is 11.5. The highest BCUT2D eigenvalue weighted by molar-refractivity contribution is 7.80. The van der Waals surface area contributed by atoms with E-state index in [1.54, 1.807) is 18.6 Å². The van der Waals surface area contributed by atoms with Crippen LogP contribution in [0.25, 0.3) is 0 Å². The molecule has 100 valence electrons. The SMILES string of the molecule is Cc1cc(C(N)=S)nc(NCCCn2ccnc2)n1. The Bertz CT molecular complexity index is 551. The summed E-state index contributed by atoms with van der Waals surface area (Å²) in [6.45, 7) is 3.57. The Morgan fingerprint density at radius 1 is 1.47 bits per heavy atom. The lowest BCUT2D eigenvalue weighted by Crippen LogP contribution is -2.15. The minimum Gasteiger partial charge on any atom is -0.388 e. The molecule has 7 heteroatoms. The first kappa shape index (κ1) is 13.4. The van der Waals surface area contributed by atoms with Crippen LogP contribution in [-0.4, -0.2) is 31.1 Å². The summed E-state index contributed by atoms with van der Waals surface area (Å²) in [5.41, 5.74) is 7.01. The molecule has 0 atom stereocenters. The Labute approximate surface area is 117 Å². The van der Waals surface area contributed by atoms with Gasteiger partial charge in [0.25, 0.3) is 0 Å². The normalized spacial score (nSPS) is 10.4. The maximum Gasteiger partial charge on any atom is 0.223 e. The van der Waals surface area contributed by atoms with E-state index in [2.05, 4.69) is 20.3 Å². The van der Waals surface area contributed by atoms with E-state index in [4.69, 9.17) is 18.0 Å². The second-order valence-corrected chi connectivity index (χ2v) is 4.60. The van der Waals surface area contributed by atoms with Gasteiger partial charge in [0.2, 0.25) is 5.95 Å². The molecular weight excluding hydrogens is 260 g/mol. The summed E-state index contributed by atoms with van der Waals surface area (Å²) < 4.78 is 2.03. The molecule has 0 unspecified atom stereocenters. The van der Waals surface area contributed by atoms with Crippen molar-refractivity contribution in [2.45, 2.75) is 19.9 Å². The monoisotopic (exact) mass is 276 g/mol. The van der Waals surface area contributed by atoms with Crippen LogP contribution in [0.3, 0.4) is 0 Å². The third-order valence-electron chi connectivity index (χ3n) is 2.54. The number of hydrogen-bond donors (Lipinski definition) is 2. The fraction of sp³-hybridized carbons (Fsp3) is 0.333. The maximum absolute atomic E-state index is 5.57. The van der Waals surface area contributed by atoms with E-state index < -0.39 is 0 Å². The molecule has 2 heterocycles. The predicted octanol–water partition coefficient (Wildman–Crippen LogP) is 1.12. The van der Waals surface area contributed by atoms with Gasteiger partial charge in [-0.1, -0.05) is 12.2 Å². The van der Waals surface area contributed by atoms with Crippen molar-refractivity contribution in [2.75, 3.05) is 11.9 Å². The van der Waals surface area contributed by atoms with Crippen LogP contribution < -0.4 is 11.1 Å². The quantitative estimate of drug-likeness (QED) is 0.608. The van der Waals surface area contributed by atoms with Crippen LogP contribution in [0.4, 0.5) is 5.95 Å². The third-order valence-corrected chi connectivity index (χ3v) is 2.75. The van der Waals surface area contributed by atoms with Crippen LogP contribution in [-0.2, 0) is 6.54 Å². The number of rotatable bonds is 6. The Balaban J connectivity index is 1.87. The topological polar surface area (TPSA) is 81.6 Å². The lowest BCUT2D eigenvalue weighted by molar-refractivity contribution is 0.659. The van der Waals surface area contributed by atoms with Gasteiger partial charge in [0.1, 0.15) is 10.7 Å². The van der Waals surface area contributed by atoms with Crippen molar-refractivity contribution in [3.63, 3.8) is 0 Å². The van der Waals surface area contributed by atoms with Crippen molar-refractivity contribution in [1.82, 2.24) is 19.5 Å². The Hall–Kier alpha value is -2.02. The first-order valence-corrected chi connectivity index (χ1v) is 6.41. The molecule has 0 aliphatic heterocycles.